The van der Waals surface area contributed by atoms with E-state index in [1.54, 1.807) is 11.5 Å². The number of nitro groups is 1. The van der Waals surface area contributed by atoms with Gasteiger partial charge in [-0.05, 0) is 35.1 Å². The Labute approximate surface area is 117 Å². The minimum atomic E-state index is -0.540. The monoisotopic (exact) mass is 280 g/mol. The van der Waals surface area contributed by atoms with Gasteiger partial charge in [0.2, 0.25) is 11.7 Å². The Bertz CT molecular complexity index is 512. The molecule has 0 aromatic carbocycles. The number of rotatable bonds is 3. The second kappa shape index (κ2) is 6.02. The van der Waals surface area contributed by atoms with Crippen LogP contribution in [0.1, 0.15) is 32.0 Å². The van der Waals surface area contributed by atoms with Crippen LogP contribution in [0.5, 0.6) is 0 Å². The zero-order valence-corrected chi connectivity index (χ0v) is 11.9. The largest absolute Gasteiger partial charge is 0.381 e. The highest BCUT2D eigenvalue weighted by Gasteiger charge is 2.21. The molecular formula is C13H20N4O3. The molecule has 0 bridgehead atoms. The first-order valence-corrected chi connectivity index (χ1v) is 6.93. The van der Waals surface area contributed by atoms with Crippen LogP contribution in [0.3, 0.4) is 0 Å². The molecule has 1 aliphatic rings. The Kier molecular flexibility index (Phi) is 4.36. The van der Waals surface area contributed by atoms with Gasteiger partial charge in [-0.2, -0.15) is 0 Å². The van der Waals surface area contributed by atoms with E-state index in [0.29, 0.717) is 11.7 Å². The number of aromatic nitrogens is 2. The first kappa shape index (κ1) is 14.5. The van der Waals surface area contributed by atoms with Crippen molar-refractivity contribution in [3.63, 3.8) is 0 Å². The average Bonchev–Trinajstić information content (AvgIpc) is 2.61. The Morgan fingerprint density at radius 2 is 2.25 bits per heavy atom. The number of hydrogen-bond acceptors (Lipinski definition) is 4. The van der Waals surface area contributed by atoms with E-state index in [-0.39, 0.29) is 18.3 Å². The molecule has 2 rings (SSSR count). The molecule has 2 heterocycles. The predicted octanol–water partition coefficient (Wildman–Crippen LogP) is 1.75. The van der Waals surface area contributed by atoms with E-state index >= 15 is 0 Å². The highest BCUT2D eigenvalue weighted by atomic mass is 16.6. The first-order chi connectivity index (χ1) is 9.47. The zero-order chi connectivity index (χ0) is 14.7. The van der Waals surface area contributed by atoms with Gasteiger partial charge in [-0.3, -0.25) is 9.36 Å². The second-order valence-electron chi connectivity index (χ2n) is 5.45. The molecule has 0 aliphatic carbocycles. The lowest BCUT2D eigenvalue weighted by Gasteiger charge is -2.20. The van der Waals surface area contributed by atoms with E-state index < -0.39 is 4.92 Å². The summed E-state index contributed by atoms with van der Waals surface area (Å²) in [5, 5.41) is 10.7. The molecule has 110 valence electrons. The summed E-state index contributed by atoms with van der Waals surface area (Å²) < 4.78 is 1.55. The zero-order valence-electron chi connectivity index (χ0n) is 11.9. The number of imidazole rings is 1. The van der Waals surface area contributed by atoms with Crippen LogP contribution < -0.4 is 0 Å². The van der Waals surface area contributed by atoms with Gasteiger partial charge in [-0.15, -0.1) is 0 Å². The summed E-state index contributed by atoms with van der Waals surface area (Å²) >= 11 is 0. The summed E-state index contributed by atoms with van der Waals surface area (Å²) in [4.78, 5) is 28.1. The minimum absolute atomic E-state index is 0.00879. The van der Waals surface area contributed by atoms with Crippen LogP contribution in [0.4, 0.5) is 5.82 Å². The van der Waals surface area contributed by atoms with Crippen molar-refractivity contribution >= 4 is 11.7 Å². The maximum atomic E-state index is 12.3. The molecule has 20 heavy (non-hydrogen) atoms. The lowest BCUT2D eigenvalue weighted by atomic mass is 10.0. The van der Waals surface area contributed by atoms with Gasteiger partial charge in [0, 0.05) is 20.0 Å². The average molecular weight is 280 g/mol. The lowest BCUT2D eigenvalue weighted by Crippen LogP contribution is -2.34. The first-order valence-electron chi connectivity index (χ1n) is 6.93. The quantitative estimate of drug-likeness (QED) is 0.624. The van der Waals surface area contributed by atoms with Crippen molar-refractivity contribution in [1.29, 1.82) is 0 Å². The maximum absolute atomic E-state index is 12.3. The van der Waals surface area contributed by atoms with E-state index in [1.165, 1.54) is 6.20 Å². The molecule has 0 radical (unpaired) electrons. The highest BCUT2D eigenvalue weighted by Crippen LogP contribution is 2.17. The van der Waals surface area contributed by atoms with Crippen LogP contribution in [0.25, 0.3) is 0 Å². The van der Waals surface area contributed by atoms with Crippen molar-refractivity contribution < 1.29 is 9.72 Å². The van der Waals surface area contributed by atoms with Gasteiger partial charge in [0.05, 0.1) is 0 Å². The standard InChI is InChI=1S/C13H20N4O3/c1-10-4-3-6-15(7-5-10)13(18)9-16-8-12(17(19)20)14-11(16)2/h8,10H,3-7,9H2,1-2H3. The molecule has 0 spiro atoms. The molecule has 0 saturated carbocycles. The molecule has 1 amide bonds. The Morgan fingerprint density at radius 1 is 1.50 bits per heavy atom. The van der Waals surface area contributed by atoms with E-state index in [0.717, 1.165) is 32.4 Å². The number of carbonyl (C=O) groups excluding carboxylic acids is 1. The Hall–Kier alpha value is -1.92. The summed E-state index contributed by atoms with van der Waals surface area (Å²) in [6.45, 7) is 5.55. The summed E-state index contributed by atoms with van der Waals surface area (Å²) in [6.07, 6.45) is 4.53. The fraction of sp³-hybridized carbons (Fsp3) is 0.692. The van der Waals surface area contributed by atoms with Gasteiger partial charge in [0.25, 0.3) is 0 Å². The third-order valence-electron chi connectivity index (χ3n) is 3.83. The van der Waals surface area contributed by atoms with Crippen molar-refractivity contribution in [2.24, 2.45) is 5.92 Å². The van der Waals surface area contributed by atoms with Crippen molar-refractivity contribution in [2.75, 3.05) is 13.1 Å². The van der Waals surface area contributed by atoms with Gasteiger partial charge in [-0.1, -0.05) is 6.92 Å². The predicted molar refractivity (Wildman–Crippen MR) is 73.2 cm³/mol. The normalized spacial score (nSPS) is 19.7. The summed E-state index contributed by atoms with van der Waals surface area (Å²) in [5.41, 5.74) is 0. The third-order valence-corrected chi connectivity index (χ3v) is 3.83. The van der Waals surface area contributed by atoms with Crippen molar-refractivity contribution in [1.82, 2.24) is 14.5 Å². The van der Waals surface area contributed by atoms with Gasteiger partial charge < -0.3 is 15.0 Å². The summed E-state index contributed by atoms with van der Waals surface area (Å²) in [7, 11) is 0. The number of amides is 1. The van der Waals surface area contributed by atoms with Crippen LogP contribution in [-0.4, -0.2) is 38.4 Å². The minimum Gasteiger partial charge on any atom is -0.358 e. The maximum Gasteiger partial charge on any atom is 0.381 e. The van der Waals surface area contributed by atoms with Crippen LogP contribution in [-0.2, 0) is 11.3 Å². The van der Waals surface area contributed by atoms with E-state index in [1.807, 2.05) is 4.90 Å². The van der Waals surface area contributed by atoms with Crippen LogP contribution in [0.2, 0.25) is 0 Å². The summed E-state index contributed by atoms with van der Waals surface area (Å²) in [5.74, 6) is 0.950. The number of hydrogen-bond donors (Lipinski definition) is 0. The van der Waals surface area contributed by atoms with E-state index in [2.05, 4.69) is 11.9 Å². The van der Waals surface area contributed by atoms with Crippen LogP contribution in [0.15, 0.2) is 6.20 Å². The molecule has 1 atom stereocenters. The Morgan fingerprint density at radius 3 is 2.90 bits per heavy atom. The smallest absolute Gasteiger partial charge is 0.358 e. The molecule has 1 saturated heterocycles. The molecule has 1 aromatic heterocycles. The van der Waals surface area contributed by atoms with Gasteiger partial charge in [0.1, 0.15) is 12.7 Å². The lowest BCUT2D eigenvalue weighted by molar-refractivity contribution is -0.389. The van der Waals surface area contributed by atoms with E-state index in [9.17, 15) is 14.9 Å². The highest BCUT2D eigenvalue weighted by molar-refractivity contribution is 5.76. The van der Waals surface area contributed by atoms with Crippen LogP contribution >= 0.6 is 0 Å². The summed E-state index contributed by atoms with van der Waals surface area (Å²) in [6, 6.07) is 0. The second-order valence-corrected chi connectivity index (χ2v) is 5.45. The fourth-order valence-corrected chi connectivity index (χ4v) is 2.50. The number of carbonyl (C=O) groups is 1. The molecule has 1 unspecified atom stereocenters. The van der Waals surface area contributed by atoms with Gasteiger partial charge >= 0.3 is 5.82 Å². The molecule has 1 fully saturated rings. The SMILES string of the molecule is Cc1nc([N+](=O)[O-])cn1CC(=O)N1CCCC(C)CC1. The topological polar surface area (TPSA) is 81.3 Å². The van der Waals surface area contributed by atoms with E-state index in [4.69, 9.17) is 0 Å². The molecule has 1 aromatic rings. The molecule has 7 heteroatoms. The number of likely N-dealkylation sites (tertiary alicyclic amines) is 1. The van der Waals surface area contributed by atoms with Crippen molar-refractivity contribution in [3.05, 3.63) is 22.1 Å². The van der Waals surface area contributed by atoms with Gasteiger partial charge in [-0.25, -0.2) is 0 Å². The van der Waals surface area contributed by atoms with Crippen molar-refractivity contribution in [2.45, 2.75) is 39.7 Å². The van der Waals surface area contributed by atoms with Crippen LogP contribution in [0, 0.1) is 23.0 Å². The molecular weight excluding hydrogens is 260 g/mol. The van der Waals surface area contributed by atoms with Crippen molar-refractivity contribution in [3.8, 4) is 0 Å². The molecule has 0 N–H and O–H groups in total. The Balaban J connectivity index is 2.02. The molecule has 1 aliphatic heterocycles. The van der Waals surface area contributed by atoms with Gasteiger partial charge in [0.15, 0.2) is 0 Å². The number of aryl methyl sites for hydroxylation is 1. The fourth-order valence-electron chi connectivity index (χ4n) is 2.50. The molecule has 7 nitrogen and oxygen atoms in total. The number of nitrogens with zero attached hydrogens (tertiary/aromatic N) is 4. The third kappa shape index (κ3) is 3.34.